The van der Waals surface area contributed by atoms with E-state index in [9.17, 15) is 31.2 Å². The first-order chi connectivity index (χ1) is 18.4. The van der Waals surface area contributed by atoms with Crippen molar-refractivity contribution in [3.63, 3.8) is 0 Å². The summed E-state index contributed by atoms with van der Waals surface area (Å²) in [7, 11) is -4.06. The van der Waals surface area contributed by atoms with Crippen LogP contribution in [-0.2, 0) is 14.8 Å². The smallest absolute Gasteiger partial charge is 0.345 e. The van der Waals surface area contributed by atoms with Crippen molar-refractivity contribution in [3.05, 3.63) is 70.2 Å². The molecule has 1 atom stereocenters. The number of alkyl halides is 3. The molecule has 5 rings (SSSR count). The normalized spacial score (nSPS) is 13.2. The standard InChI is InChI=1S/C24H19F3N6O4S2/c1-13-5-7-15(8-6-13)39(36,37)32-11-17(16-4-3-9-28-20(16)32)19-29-10-18-21(31-19)33(23(35)38-18)14(2)22(34)30-12-24(25,26)27/h3-11,14H,12H2,1-2H3,(H,30,34). The second kappa shape index (κ2) is 9.57. The Bertz CT molecular complexity index is 1890. The number of aromatic nitrogens is 5. The van der Waals surface area contributed by atoms with Gasteiger partial charge in [-0.2, -0.15) is 13.2 Å². The van der Waals surface area contributed by atoms with Crippen molar-refractivity contribution in [1.29, 1.82) is 0 Å². The molecule has 0 saturated heterocycles. The van der Waals surface area contributed by atoms with Crippen LogP contribution in [0.3, 0.4) is 0 Å². The Morgan fingerprint density at radius 2 is 1.85 bits per heavy atom. The predicted octanol–water partition coefficient (Wildman–Crippen LogP) is 3.65. The minimum Gasteiger partial charge on any atom is -0.345 e. The maximum atomic E-state index is 13.5. The molecule has 0 fully saturated rings. The van der Waals surface area contributed by atoms with Crippen molar-refractivity contribution in [2.75, 3.05) is 6.54 Å². The van der Waals surface area contributed by atoms with Gasteiger partial charge in [0.2, 0.25) is 5.91 Å². The van der Waals surface area contributed by atoms with Gasteiger partial charge in [0.15, 0.2) is 17.1 Å². The molecular weight excluding hydrogens is 557 g/mol. The molecule has 0 spiro atoms. The number of hydrogen-bond acceptors (Lipinski definition) is 8. The van der Waals surface area contributed by atoms with Crippen LogP contribution in [0, 0.1) is 6.92 Å². The number of thiazole rings is 1. The van der Waals surface area contributed by atoms with E-state index in [1.54, 1.807) is 29.6 Å². The molecule has 202 valence electrons. The molecule has 0 aliphatic carbocycles. The lowest BCUT2D eigenvalue weighted by Crippen LogP contribution is -2.39. The monoisotopic (exact) mass is 576 g/mol. The van der Waals surface area contributed by atoms with E-state index in [0.29, 0.717) is 10.1 Å². The number of amides is 1. The third-order valence-corrected chi connectivity index (χ3v) is 8.48. The van der Waals surface area contributed by atoms with Crippen LogP contribution in [0.1, 0.15) is 18.5 Å². The van der Waals surface area contributed by atoms with Crippen LogP contribution < -0.4 is 10.2 Å². The van der Waals surface area contributed by atoms with E-state index in [0.717, 1.165) is 25.4 Å². The summed E-state index contributed by atoms with van der Waals surface area (Å²) in [6.45, 7) is 1.57. The van der Waals surface area contributed by atoms with Gasteiger partial charge in [0.25, 0.3) is 10.0 Å². The van der Waals surface area contributed by atoms with Gasteiger partial charge in [-0.1, -0.05) is 29.0 Å². The number of aryl methyl sites for hydroxylation is 1. The van der Waals surface area contributed by atoms with E-state index in [-0.39, 0.29) is 27.6 Å². The molecule has 4 heterocycles. The molecule has 39 heavy (non-hydrogen) atoms. The van der Waals surface area contributed by atoms with Crippen molar-refractivity contribution in [3.8, 4) is 11.4 Å². The van der Waals surface area contributed by atoms with Crippen molar-refractivity contribution >= 4 is 48.6 Å². The Morgan fingerprint density at radius 3 is 2.54 bits per heavy atom. The first-order valence-corrected chi connectivity index (χ1v) is 13.6. The number of benzene rings is 1. The van der Waals surface area contributed by atoms with Gasteiger partial charge in [0.1, 0.15) is 12.6 Å². The fourth-order valence-electron chi connectivity index (χ4n) is 3.98. The second-order valence-electron chi connectivity index (χ2n) is 8.66. The number of pyridine rings is 1. The van der Waals surface area contributed by atoms with Crippen LogP contribution in [0.2, 0.25) is 0 Å². The van der Waals surface area contributed by atoms with E-state index >= 15 is 0 Å². The predicted molar refractivity (Wildman–Crippen MR) is 138 cm³/mol. The summed E-state index contributed by atoms with van der Waals surface area (Å²) in [4.78, 5) is 37.5. The van der Waals surface area contributed by atoms with Gasteiger partial charge in [0.05, 0.1) is 15.8 Å². The summed E-state index contributed by atoms with van der Waals surface area (Å²) in [6, 6.07) is 8.26. The van der Waals surface area contributed by atoms with Gasteiger partial charge in [-0.3, -0.25) is 14.2 Å². The zero-order valence-corrected chi connectivity index (χ0v) is 21.9. The highest BCUT2D eigenvalue weighted by molar-refractivity contribution is 7.90. The van der Waals surface area contributed by atoms with Crippen LogP contribution >= 0.6 is 11.3 Å². The molecule has 1 N–H and O–H groups in total. The van der Waals surface area contributed by atoms with Crippen molar-refractivity contribution in [2.45, 2.75) is 31.0 Å². The van der Waals surface area contributed by atoms with Crippen molar-refractivity contribution < 1.29 is 26.4 Å². The highest BCUT2D eigenvalue weighted by atomic mass is 32.2. The molecular formula is C24H19F3N6O4S2. The van der Waals surface area contributed by atoms with E-state index < -0.39 is 39.6 Å². The molecule has 15 heteroatoms. The van der Waals surface area contributed by atoms with Crippen LogP contribution in [0.5, 0.6) is 0 Å². The maximum absolute atomic E-state index is 13.5. The summed E-state index contributed by atoms with van der Waals surface area (Å²) >= 11 is 0.730. The Labute approximate surface area is 222 Å². The molecule has 1 aromatic carbocycles. The molecule has 0 radical (unpaired) electrons. The highest BCUT2D eigenvalue weighted by Gasteiger charge is 2.30. The third kappa shape index (κ3) is 4.90. The number of nitrogens with one attached hydrogen (secondary N) is 1. The van der Waals surface area contributed by atoms with Gasteiger partial charge in [-0.15, -0.1) is 0 Å². The van der Waals surface area contributed by atoms with Crippen LogP contribution in [0.4, 0.5) is 13.2 Å². The number of hydrogen-bond donors (Lipinski definition) is 1. The third-order valence-electron chi connectivity index (χ3n) is 5.94. The number of rotatable bonds is 6. The van der Waals surface area contributed by atoms with Crippen LogP contribution in [0.25, 0.3) is 32.8 Å². The fourth-order valence-corrected chi connectivity index (χ4v) is 6.17. The molecule has 0 bridgehead atoms. The van der Waals surface area contributed by atoms with E-state index in [2.05, 4.69) is 15.0 Å². The second-order valence-corrected chi connectivity index (χ2v) is 11.5. The van der Waals surface area contributed by atoms with Crippen molar-refractivity contribution in [2.24, 2.45) is 0 Å². The fraction of sp³-hybridized carbons (Fsp3) is 0.208. The SMILES string of the molecule is Cc1ccc(S(=O)(=O)n2cc(-c3ncc4sc(=O)n(C(C)C(=O)NCC(F)(F)F)c4n3)c3cccnc32)cc1. The van der Waals surface area contributed by atoms with E-state index in [4.69, 9.17) is 0 Å². The summed E-state index contributed by atoms with van der Waals surface area (Å²) in [5, 5.41) is 2.18. The number of fused-ring (bicyclic) bond motifs is 2. The van der Waals surface area contributed by atoms with Gasteiger partial charge >= 0.3 is 11.0 Å². The molecule has 4 aromatic heterocycles. The van der Waals surface area contributed by atoms with Gasteiger partial charge < -0.3 is 5.32 Å². The molecule has 0 aliphatic heterocycles. The number of carbonyl (C=O) groups excluding carboxylic acids is 1. The zero-order chi connectivity index (χ0) is 28.1. The molecule has 5 aromatic rings. The maximum Gasteiger partial charge on any atom is 0.405 e. The Balaban J connectivity index is 1.63. The van der Waals surface area contributed by atoms with Gasteiger partial charge in [-0.05, 0) is 38.1 Å². The largest absolute Gasteiger partial charge is 0.405 e. The Morgan fingerprint density at radius 1 is 1.13 bits per heavy atom. The van der Waals surface area contributed by atoms with Crippen molar-refractivity contribution in [1.82, 2.24) is 28.8 Å². The minimum absolute atomic E-state index is 0.0239. The van der Waals surface area contributed by atoms with Crippen LogP contribution in [-0.4, -0.2) is 50.5 Å². The van der Waals surface area contributed by atoms with Gasteiger partial charge in [0, 0.05) is 23.3 Å². The average Bonchev–Trinajstić information content (AvgIpc) is 3.44. The average molecular weight is 577 g/mol. The summed E-state index contributed by atoms with van der Waals surface area (Å²) in [5.74, 6) is -0.980. The molecule has 1 amide bonds. The first kappa shape index (κ1) is 26.5. The first-order valence-electron chi connectivity index (χ1n) is 11.4. The summed E-state index contributed by atoms with van der Waals surface area (Å²) < 4.78 is 67.0. The lowest BCUT2D eigenvalue weighted by Gasteiger charge is -2.14. The zero-order valence-electron chi connectivity index (χ0n) is 20.3. The molecule has 1 unspecified atom stereocenters. The van der Waals surface area contributed by atoms with E-state index in [1.165, 1.54) is 37.6 Å². The molecule has 0 aliphatic rings. The number of nitrogens with zero attached hydrogens (tertiary/aromatic N) is 5. The van der Waals surface area contributed by atoms with Crippen LogP contribution in [0.15, 0.2) is 64.7 Å². The quantitative estimate of drug-likeness (QED) is 0.327. The van der Waals surface area contributed by atoms with Gasteiger partial charge in [-0.25, -0.2) is 27.3 Å². The lowest BCUT2D eigenvalue weighted by molar-refractivity contribution is -0.140. The Kier molecular flexibility index (Phi) is 6.50. The minimum atomic E-state index is -4.62. The number of carbonyl (C=O) groups is 1. The lowest BCUT2D eigenvalue weighted by atomic mass is 10.2. The highest BCUT2D eigenvalue weighted by Crippen LogP contribution is 2.31. The molecule has 10 nitrogen and oxygen atoms in total. The number of halogens is 3. The topological polar surface area (TPSA) is 129 Å². The molecule has 0 saturated carbocycles. The summed E-state index contributed by atoms with van der Waals surface area (Å²) in [6.07, 6.45) is -0.514. The Hall–Kier alpha value is -4.11. The van der Waals surface area contributed by atoms with E-state index in [1.807, 2.05) is 6.92 Å². The summed E-state index contributed by atoms with van der Waals surface area (Å²) in [5.41, 5.74) is 1.32.